The zero-order valence-corrected chi connectivity index (χ0v) is 11.6. The summed E-state index contributed by atoms with van der Waals surface area (Å²) in [6.45, 7) is 1.86. The zero-order valence-electron chi connectivity index (χ0n) is 11.6. The van der Waals surface area contributed by atoms with E-state index in [-0.39, 0.29) is 0 Å². The Morgan fingerprint density at radius 3 is 2.95 bits per heavy atom. The number of hydrogen-bond donors (Lipinski definition) is 0. The normalized spacial score (nSPS) is 18.5. The van der Waals surface area contributed by atoms with Crippen LogP contribution in [0.3, 0.4) is 0 Å². The standard InChI is InChI=1S/C15H16N6/c1-2-6-14-13(5-1)17-8-15(19-14)21-7-3-4-12(21)9-20-11-16-10-18-20/h1-2,5-6,8,10-12H,3-4,7,9H2/t12-/m1/s1. The molecule has 0 saturated carbocycles. The quantitative estimate of drug-likeness (QED) is 0.733. The Labute approximate surface area is 122 Å². The van der Waals surface area contributed by atoms with Crippen LogP contribution in [0, 0.1) is 0 Å². The number of fused-ring (bicyclic) bond motifs is 1. The lowest BCUT2D eigenvalue weighted by Gasteiger charge is -2.25. The predicted molar refractivity (Wildman–Crippen MR) is 79.9 cm³/mol. The number of rotatable bonds is 3. The number of para-hydroxylation sites is 2. The average molecular weight is 280 g/mol. The molecule has 1 saturated heterocycles. The van der Waals surface area contributed by atoms with Gasteiger partial charge in [0.05, 0.1) is 29.8 Å². The van der Waals surface area contributed by atoms with Gasteiger partial charge in [0.1, 0.15) is 18.5 Å². The maximum absolute atomic E-state index is 4.75. The van der Waals surface area contributed by atoms with Crippen LogP contribution in [0.5, 0.6) is 0 Å². The van der Waals surface area contributed by atoms with Crippen molar-refractivity contribution in [1.82, 2.24) is 24.7 Å². The minimum atomic E-state index is 0.405. The van der Waals surface area contributed by atoms with Crippen molar-refractivity contribution in [2.24, 2.45) is 0 Å². The third kappa shape index (κ3) is 2.33. The molecule has 0 amide bonds. The van der Waals surface area contributed by atoms with E-state index in [0.717, 1.165) is 36.4 Å². The first-order valence-corrected chi connectivity index (χ1v) is 7.21. The highest BCUT2D eigenvalue weighted by Gasteiger charge is 2.26. The van der Waals surface area contributed by atoms with Gasteiger partial charge < -0.3 is 4.90 Å². The van der Waals surface area contributed by atoms with Gasteiger partial charge in [-0.25, -0.2) is 9.97 Å². The molecule has 0 unspecified atom stereocenters. The highest BCUT2D eigenvalue weighted by Crippen LogP contribution is 2.25. The second-order valence-corrected chi connectivity index (χ2v) is 5.32. The van der Waals surface area contributed by atoms with Crippen molar-refractivity contribution in [3.05, 3.63) is 43.1 Å². The lowest BCUT2D eigenvalue weighted by molar-refractivity contribution is 0.506. The minimum absolute atomic E-state index is 0.405. The average Bonchev–Trinajstić information content (AvgIpc) is 3.19. The molecule has 2 aromatic heterocycles. The third-order valence-corrected chi connectivity index (χ3v) is 3.97. The van der Waals surface area contributed by atoms with Gasteiger partial charge in [-0.05, 0) is 25.0 Å². The monoisotopic (exact) mass is 280 g/mol. The molecule has 0 radical (unpaired) electrons. The Morgan fingerprint density at radius 1 is 1.19 bits per heavy atom. The number of benzene rings is 1. The molecule has 0 N–H and O–H groups in total. The van der Waals surface area contributed by atoms with Crippen molar-refractivity contribution >= 4 is 16.9 Å². The number of anilines is 1. The maximum Gasteiger partial charge on any atom is 0.148 e. The molecular formula is C15H16N6. The van der Waals surface area contributed by atoms with E-state index in [0.29, 0.717) is 6.04 Å². The maximum atomic E-state index is 4.75. The van der Waals surface area contributed by atoms with Crippen LogP contribution < -0.4 is 4.90 Å². The van der Waals surface area contributed by atoms with Gasteiger partial charge in [0.25, 0.3) is 0 Å². The van der Waals surface area contributed by atoms with Gasteiger partial charge >= 0.3 is 0 Å². The van der Waals surface area contributed by atoms with E-state index in [4.69, 9.17) is 4.98 Å². The summed E-state index contributed by atoms with van der Waals surface area (Å²) in [6.07, 6.45) is 7.54. The Balaban J connectivity index is 1.63. The van der Waals surface area contributed by atoms with Crippen molar-refractivity contribution in [3.8, 4) is 0 Å². The first kappa shape index (κ1) is 12.3. The van der Waals surface area contributed by atoms with E-state index in [1.54, 1.807) is 12.7 Å². The largest absolute Gasteiger partial charge is 0.350 e. The number of aromatic nitrogens is 5. The predicted octanol–water partition coefficient (Wildman–Crippen LogP) is 1.89. The molecule has 1 fully saturated rings. The molecule has 106 valence electrons. The van der Waals surface area contributed by atoms with Gasteiger partial charge in [0, 0.05) is 6.54 Å². The molecule has 6 heteroatoms. The highest BCUT2D eigenvalue weighted by molar-refractivity contribution is 5.75. The molecule has 0 bridgehead atoms. The smallest absolute Gasteiger partial charge is 0.148 e. The second-order valence-electron chi connectivity index (χ2n) is 5.32. The molecule has 0 aliphatic carbocycles. The molecule has 3 aromatic rings. The summed E-state index contributed by atoms with van der Waals surface area (Å²) in [5, 5.41) is 4.20. The van der Waals surface area contributed by atoms with Gasteiger partial charge in [-0.1, -0.05) is 12.1 Å². The molecule has 1 aromatic carbocycles. The van der Waals surface area contributed by atoms with Gasteiger partial charge in [-0.15, -0.1) is 0 Å². The zero-order chi connectivity index (χ0) is 14.1. The van der Waals surface area contributed by atoms with Crippen LogP contribution in [0.1, 0.15) is 12.8 Å². The van der Waals surface area contributed by atoms with Crippen LogP contribution in [-0.2, 0) is 6.54 Å². The SMILES string of the molecule is c1ccc2nc(N3CCC[C@@H]3Cn3cncn3)cnc2c1. The van der Waals surface area contributed by atoms with Gasteiger partial charge in [-0.2, -0.15) is 5.10 Å². The molecule has 6 nitrogen and oxygen atoms in total. The van der Waals surface area contributed by atoms with E-state index in [1.807, 2.05) is 35.1 Å². The summed E-state index contributed by atoms with van der Waals surface area (Å²) in [4.78, 5) is 15.6. The van der Waals surface area contributed by atoms with Crippen LogP contribution in [-0.4, -0.2) is 37.3 Å². The van der Waals surface area contributed by atoms with E-state index in [1.165, 1.54) is 6.42 Å². The van der Waals surface area contributed by atoms with Crippen LogP contribution in [0.2, 0.25) is 0 Å². The lowest BCUT2D eigenvalue weighted by atomic mass is 10.2. The molecule has 21 heavy (non-hydrogen) atoms. The Morgan fingerprint density at radius 2 is 2.10 bits per heavy atom. The fourth-order valence-corrected chi connectivity index (χ4v) is 2.96. The molecule has 1 aliphatic rings. The number of nitrogens with zero attached hydrogens (tertiary/aromatic N) is 6. The fraction of sp³-hybridized carbons (Fsp3) is 0.333. The van der Waals surface area contributed by atoms with Crippen molar-refractivity contribution < 1.29 is 0 Å². The van der Waals surface area contributed by atoms with Crippen molar-refractivity contribution in [3.63, 3.8) is 0 Å². The van der Waals surface area contributed by atoms with E-state index >= 15 is 0 Å². The fourth-order valence-electron chi connectivity index (χ4n) is 2.96. The van der Waals surface area contributed by atoms with E-state index < -0.39 is 0 Å². The first-order chi connectivity index (χ1) is 10.4. The summed E-state index contributed by atoms with van der Waals surface area (Å²) < 4.78 is 1.89. The molecular weight excluding hydrogens is 264 g/mol. The van der Waals surface area contributed by atoms with Crippen LogP contribution in [0.25, 0.3) is 11.0 Å². The second kappa shape index (κ2) is 5.12. The van der Waals surface area contributed by atoms with Crippen LogP contribution in [0.4, 0.5) is 5.82 Å². The molecule has 1 aliphatic heterocycles. The van der Waals surface area contributed by atoms with Gasteiger partial charge in [0.2, 0.25) is 0 Å². The van der Waals surface area contributed by atoms with Crippen LogP contribution >= 0.6 is 0 Å². The number of hydrogen-bond acceptors (Lipinski definition) is 5. The first-order valence-electron chi connectivity index (χ1n) is 7.21. The highest BCUT2D eigenvalue weighted by atomic mass is 15.3. The topological polar surface area (TPSA) is 59.7 Å². The van der Waals surface area contributed by atoms with Crippen molar-refractivity contribution in [1.29, 1.82) is 0 Å². The van der Waals surface area contributed by atoms with Crippen molar-refractivity contribution in [2.75, 3.05) is 11.4 Å². The van der Waals surface area contributed by atoms with Gasteiger partial charge in [0.15, 0.2) is 0 Å². The van der Waals surface area contributed by atoms with Gasteiger partial charge in [-0.3, -0.25) is 9.67 Å². The van der Waals surface area contributed by atoms with E-state index in [2.05, 4.69) is 20.0 Å². The Hall–Kier alpha value is -2.50. The lowest BCUT2D eigenvalue weighted by Crippen LogP contribution is -2.33. The Kier molecular flexibility index (Phi) is 2.99. The summed E-state index contributed by atoms with van der Waals surface area (Å²) in [6, 6.07) is 8.39. The third-order valence-electron chi connectivity index (χ3n) is 3.97. The molecule has 3 heterocycles. The van der Waals surface area contributed by atoms with E-state index in [9.17, 15) is 0 Å². The minimum Gasteiger partial charge on any atom is -0.350 e. The van der Waals surface area contributed by atoms with Crippen LogP contribution in [0.15, 0.2) is 43.1 Å². The summed E-state index contributed by atoms with van der Waals surface area (Å²) in [5.74, 6) is 0.955. The summed E-state index contributed by atoms with van der Waals surface area (Å²) >= 11 is 0. The summed E-state index contributed by atoms with van der Waals surface area (Å²) in [7, 11) is 0. The molecule has 4 rings (SSSR count). The Bertz CT molecular complexity index is 739. The molecule has 1 atom stereocenters. The van der Waals surface area contributed by atoms with Crippen molar-refractivity contribution in [2.45, 2.75) is 25.4 Å². The summed E-state index contributed by atoms with van der Waals surface area (Å²) in [5.41, 5.74) is 1.88. The molecule has 0 spiro atoms.